The van der Waals surface area contributed by atoms with Gasteiger partial charge in [0, 0.05) is 50.1 Å². The lowest BCUT2D eigenvalue weighted by atomic mass is 10.0. The number of H-pyrrole nitrogens is 1. The zero-order valence-corrected chi connectivity index (χ0v) is 16.5. The van der Waals surface area contributed by atoms with Crippen LogP contribution in [0.1, 0.15) is 41.5 Å². The molecule has 1 aliphatic rings. The first-order valence-electron chi connectivity index (χ1n) is 9.84. The molecule has 30 heavy (non-hydrogen) atoms. The molecular formula is C19H22F3N7O. The fourth-order valence-electron chi connectivity index (χ4n) is 3.76. The maximum absolute atomic E-state index is 12.6. The van der Waals surface area contributed by atoms with Crippen LogP contribution in [0.5, 0.6) is 0 Å². The standard InChI is InChI=1S/C19H22F3N7O/c1-2-8-29-14-4-9-28(17-12-3-6-23-16(12)25-11-26-17)10-13(14)15(27-29)18(30)24-7-5-19(20,21)22/h3,6,11H,2,4-5,7-10H2,1H3,(H,24,30)(H,23,25,26). The number of anilines is 1. The van der Waals surface area contributed by atoms with Gasteiger partial charge in [-0.05, 0) is 12.5 Å². The van der Waals surface area contributed by atoms with Gasteiger partial charge in [0.15, 0.2) is 5.69 Å². The second-order valence-corrected chi connectivity index (χ2v) is 7.23. The molecule has 0 aromatic carbocycles. The number of nitrogens with zero attached hydrogens (tertiary/aromatic N) is 5. The third-order valence-corrected chi connectivity index (χ3v) is 5.11. The topological polar surface area (TPSA) is 91.7 Å². The van der Waals surface area contributed by atoms with E-state index in [9.17, 15) is 18.0 Å². The molecule has 2 N–H and O–H groups in total. The van der Waals surface area contributed by atoms with Gasteiger partial charge in [0.1, 0.15) is 17.8 Å². The Labute approximate surface area is 170 Å². The third-order valence-electron chi connectivity index (χ3n) is 5.11. The monoisotopic (exact) mass is 421 g/mol. The first kappa shape index (κ1) is 20.2. The minimum absolute atomic E-state index is 0.185. The summed E-state index contributed by atoms with van der Waals surface area (Å²) in [5.41, 5.74) is 2.59. The highest BCUT2D eigenvalue weighted by Crippen LogP contribution is 2.29. The van der Waals surface area contributed by atoms with Crippen molar-refractivity contribution in [2.45, 2.75) is 45.5 Å². The number of alkyl halides is 3. The van der Waals surface area contributed by atoms with E-state index in [0.29, 0.717) is 26.1 Å². The molecule has 1 amide bonds. The molecular weight excluding hydrogens is 399 g/mol. The van der Waals surface area contributed by atoms with Crippen molar-refractivity contribution in [1.29, 1.82) is 0 Å². The van der Waals surface area contributed by atoms with Crippen LogP contribution < -0.4 is 10.2 Å². The smallest absolute Gasteiger partial charge is 0.351 e. The molecule has 3 aromatic rings. The maximum atomic E-state index is 12.6. The molecule has 0 saturated carbocycles. The maximum Gasteiger partial charge on any atom is 0.390 e. The average Bonchev–Trinajstić information content (AvgIpc) is 3.31. The fourth-order valence-corrected chi connectivity index (χ4v) is 3.76. The molecule has 0 aliphatic carbocycles. The molecule has 0 radical (unpaired) electrons. The molecule has 3 aromatic heterocycles. The minimum atomic E-state index is -4.32. The summed E-state index contributed by atoms with van der Waals surface area (Å²) in [4.78, 5) is 26.3. The lowest BCUT2D eigenvalue weighted by Gasteiger charge is -2.29. The van der Waals surface area contributed by atoms with E-state index in [1.807, 2.05) is 17.9 Å². The van der Waals surface area contributed by atoms with E-state index in [1.54, 1.807) is 10.9 Å². The van der Waals surface area contributed by atoms with Crippen LogP contribution in [0.4, 0.5) is 19.0 Å². The number of aromatic nitrogens is 5. The number of carbonyl (C=O) groups excluding carboxylic acids is 1. The van der Waals surface area contributed by atoms with Gasteiger partial charge in [-0.15, -0.1) is 0 Å². The zero-order valence-electron chi connectivity index (χ0n) is 16.5. The number of rotatable bonds is 6. The highest BCUT2D eigenvalue weighted by Gasteiger charge is 2.31. The van der Waals surface area contributed by atoms with Gasteiger partial charge in [0.2, 0.25) is 0 Å². The number of amides is 1. The van der Waals surface area contributed by atoms with Crippen LogP contribution >= 0.6 is 0 Å². The van der Waals surface area contributed by atoms with Gasteiger partial charge in [0.05, 0.1) is 11.8 Å². The normalized spacial score (nSPS) is 14.2. The van der Waals surface area contributed by atoms with Gasteiger partial charge in [0.25, 0.3) is 5.91 Å². The van der Waals surface area contributed by atoms with Crippen LogP contribution in [0, 0.1) is 0 Å². The van der Waals surface area contributed by atoms with Crippen molar-refractivity contribution in [2.75, 3.05) is 18.0 Å². The fraction of sp³-hybridized carbons (Fsp3) is 0.474. The summed E-state index contributed by atoms with van der Waals surface area (Å²) in [7, 11) is 0. The number of hydrogen-bond acceptors (Lipinski definition) is 5. The van der Waals surface area contributed by atoms with Gasteiger partial charge in [-0.3, -0.25) is 9.48 Å². The number of hydrogen-bond donors (Lipinski definition) is 2. The predicted molar refractivity (Wildman–Crippen MR) is 104 cm³/mol. The Morgan fingerprint density at radius 1 is 1.33 bits per heavy atom. The van der Waals surface area contributed by atoms with Gasteiger partial charge in [-0.2, -0.15) is 18.3 Å². The van der Waals surface area contributed by atoms with E-state index in [2.05, 4.69) is 25.4 Å². The summed E-state index contributed by atoms with van der Waals surface area (Å²) in [5, 5.41) is 7.67. The summed E-state index contributed by atoms with van der Waals surface area (Å²) in [6.45, 7) is 3.27. The van der Waals surface area contributed by atoms with Crippen molar-refractivity contribution in [3.8, 4) is 0 Å². The summed E-state index contributed by atoms with van der Waals surface area (Å²) in [5.74, 6) is 0.167. The molecule has 0 saturated heterocycles. The van der Waals surface area contributed by atoms with Crippen LogP contribution in [-0.4, -0.2) is 49.9 Å². The molecule has 4 heterocycles. The Kier molecular flexibility index (Phi) is 5.35. The van der Waals surface area contributed by atoms with Crippen molar-refractivity contribution < 1.29 is 18.0 Å². The van der Waals surface area contributed by atoms with Crippen molar-refractivity contribution in [2.24, 2.45) is 0 Å². The average molecular weight is 421 g/mol. The van der Waals surface area contributed by atoms with Crippen LogP contribution in [0.2, 0.25) is 0 Å². The van der Waals surface area contributed by atoms with E-state index in [4.69, 9.17) is 0 Å². The van der Waals surface area contributed by atoms with Crippen molar-refractivity contribution >= 4 is 22.8 Å². The Balaban J connectivity index is 1.61. The zero-order chi connectivity index (χ0) is 21.3. The minimum Gasteiger partial charge on any atom is -0.351 e. The van der Waals surface area contributed by atoms with Crippen LogP contribution in [0.15, 0.2) is 18.6 Å². The quantitative estimate of drug-likeness (QED) is 0.639. The third kappa shape index (κ3) is 3.96. The van der Waals surface area contributed by atoms with Crippen LogP contribution in [-0.2, 0) is 19.5 Å². The summed E-state index contributed by atoms with van der Waals surface area (Å²) in [6, 6.07) is 1.89. The number of nitrogens with one attached hydrogen (secondary N) is 2. The van der Waals surface area contributed by atoms with E-state index >= 15 is 0 Å². The van der Waals surface area contributed by atoms with Gasteiger partial charge >= 0.3 is 6.18 Å². The van der Waals surface area contributed by atoms with E-state index < -0.39 is 25.0 Å². The van der Waals surface area contributed by atoms with Crippen molar-refractivity contribution in [3.05, 3.63) is 35.5 Å². The lowest BCUT2D eigenvalue weighted by molar-refractivity contribution is -0.133. The van der Waals surface area contributed by atoms with Crippen molar-refractivity contribution in [1.82, 2.24) is 30.0 Å². The van der Waals surface area contributed by atoms with E-state index in [-0.39, 0.29) is 5.69 Å². The molecule has 0 atom stereocenters. The number of halogens is 3. The Hall–Kier alpha value is -3.11. The first-order chi connectivity index (χ1) is 14.4. The van der Waals surface area contributed by atoms with E-state index in [0.717, 1.165) is 34.5 Å². The summed E-state index contributed by atoms with van der Waals surface area (Å²) < 4.78 is 39.1. The second kappa shape index (κ2) is 7.96. The number of carbonyl (C=O) groups is 1. The molecule has 1 aliphatic heterocycles. The molecule has 160 valence electrons. The number of aromatic amines is 1. The largest absolute Gasteiger partial charge is 0.390 e. The highest BCUT2D eigenvalue weighted by atomic mass is 19.4. The molecule has 0 unspecified atom stereocenters. The number of fused-ring (bicyclic) bond motifs is 2. The molecule has 8 nitrogen and oxygen atoms in total. The molecule has 11 heteroatoms. The SMILES string of the molecule is CCCn1nc(C(=O)NCCC(F)(F)F)c2c1CCN(c1ncnc3[nH]ccc13)C2. The van der Waals surface area contributed by atoms with Gasteiger partial charge in [-0.25, -0.2) is 9.97 Å². The predicted octanol–water partition coefficient (Wildman–Crippen LogP) is 2.81. The van der Waals surface area contributed by atoms with Crippen LogP contribution in [0.3, 0.4) is 0 Å². The number of aryl methyl sites for hydroxylation is 1. The van der Waals surface area contributed by atoms with Crippen LogP contribution in [0.25, 0.3) is 11.0 Å². The Morgan fingerprint density at radius 3 is 2.93 bits per heavy atom. The van der Waals surface area contributed by atoms with Gasteiger partial charge < -0.3 is 15.2 Å². The molecule has 0 spiro atoms. The summed E-state index contributed by atoms with van der Waals surface area (Å²) >= 11 is 0. The molecule has 0 fully saturated rings. The second-order valence-electron chi connectivity index (χ2n) is 7.23. The molecule has 4 rings (SSSR count). The van der Waals surface area contributed by atoms with Gasteiger partial charge in [-0.1, -0.05) is 6.92 Å². The Morgan fingerprint density at radius 2 is 2.17 bits per heavy atom. The Bertz CT molecular complexity index is 1060. The highest BCUT2D eigenvalue weighted by molar-refractivity contribution is 5.94. The van der Waals surface area contributed by atoms with E-state index in [1.165, 1.54) is 6.33 Å². The first-order valence-corrected chi connectivity index (χ1v) is 9.84. The van der Waals surface area contributed by atoms with Crippen molar-refractivity contribution in [3.63, 3.8) is 0 Å². The summed E-state index contributed by atoms with van der Waals surface area (Å²) in [6.07, 6.45) is -0.627. The molecule has 0 bridgehead atoms. The lowest BCUT2D eigenvalue weighted by Crippen LogP contribution is -2.34.